The van der Waals surface area contributed by atoms with Crippen LogP contribution in [0.5, 0.6) is 0 Å². The number of hydrogen-bond acceptors (Lipinski definition) is 5. The molecule has 2 N–H and O–H groups in total. The minimum atomic E-state index is -0.894. The van der Waals surface area contributed by atoms with E-state index in [9.17, 15) is 4.79 Å². The number of nitrogens with one attached hydrogen (secondary N) is 1. The summed E-state index contributed by atoms with van der Waals surface area (Å²) in [6.07, 6.45) is 7.58. The van der Waals surface area contributed by atoms with Crippen molar-refractivity contribution in [3.63, 3.8) is 0 Å². The lowest BCUT2D eigenvalue weighted by Crippen LogP contribution is -2.34. The molecule has 1 aliphatic rings. The minimum absolute atomic E-state index is 0.320. The number of aromatic nitrogens is 4. The molecule has 1 aromatic carbocycles. The fraction of sp³-hybridized carbons (Fsp3) is 0.333. The first-order valence-corrected chi connectivity index (χ1v) is 9.47. The number of carboxylic acid groups (broad SMARTS) is 1. The Morgan fingerprint density at radius 3 is 2.79 bits per heavy atom. The van der Waals surface area contributed by atoms with Crippen molar-refractivity contribution < 1.29 is 9.90 Å². The molecular formula is C21H23N5O2. The fourth-order valence-corrected chi connectivity index (χ4v) is 3.69. The summed E-state index contributed by atoms with van der Waals surface area (Å²) in [5.41, 5.74) is 4.21. The summed E-state index contributed by atoms with van der Waals surface area (Å²) in [5.74, 6) is 0.184. The SMILES string of the molecule is Cc1cnc(-c2cncc([C@@H]3CCCN(Cc4ccc(C(=O)O)cc4)C3)n2)[nH]1. The number of piperidine rings is 1. The van der Waals surface area contributed by atoms with Crippen LogP contribution in [0.4, 0.5) is 0 Å². The molecule has 1 fully saturated rings. The Kier molecular flexibility index (Phi) is 5.16. The van der Waals surface area contributed by atoms with E-state index in [2.05, 4.69) is 19.9 Å². The molecule has 7 heteroatoms. The summed E-state index contributed by atoms with van der Waals surface area (Å²) in [6.45, 7) is 4.72. The van der Waals surface area contributed by atoms with Gasteiger partial charge in [0.1, 0.15) is 5.69 Å². The minimum Gasteiger partial charge on any atom is -0.478 e. The molecule has 1 saturated heterocycles. The molecule has 3 heterocycles. The number of aromatic carboxylic acids is 1. The van der Waals surface area contributed by atoms with E-state index in [1.807, 2.05) is 25.3 Å². The number of likely N-dealkylation sites (tertiary alicyclic amines) is 1. The van der Waals surface area contributed by atoms with Crippen molar-refractivity contribution in [2.45, 2.75) is 32.2 Å². The molecule has 28 heavy (non-hydrogen) atoms. The van der Waals surface area contributed by atoms with E-state index in [1.165, 1.54) is 0 Å². The van der Waals surface area contributed by atoms with Crippen molar-refractivity contribution >= 4 is 5.97 Å². The van der Waals surface area contributed by atoms with Crippen LogP contribution in [-0.2, 0) is 6.54 Å². The first-order chi connectivity index (χ1) is 13.6. The van der Waals surface area contributed by atoms with Gasteiger partial charge in [-0.15, -0.1) is 0 Å². The van der Waals surface area contributed by atoms with Gasteiger partial charge in [0.15, 0.2) is 5.82 Å². The zero-order valence-electron chi connectivity index (χ0n) is 15.8. The Labute approximate surface area is 163 Å². The third kappa shape index (κ3) is 4.09. The zero-order valence-corrected chi connectivity index (χ0v) is 15.8. The number of aryl methyl sites for hydroxylation is 1. The van der Waals surface area contributed by atoms with Gasteiger partial charge in [0, 0.05) is 37.1 Å². The highest BCUT2D eigenvalue weighted by Crippen LogP contribution is 2.27. The van der Waals surface area contributed by atoms with Crippen LogP contribution in [0.1, 0.15) is 46.1 Å². The average Bonchev–Trinajstić information content (AvgIpc) is 3.15. The van der Waals surface area contributed by atoms with Crippen LogP contribution in [0, 0.1) is 6.92 Å². The molecule has 7 nitrogen and oxygen atoms in total. The van der Waals surface area contributed by atoms with Crippen LogP contribution in [-0.4, -0.2) is 49.0 Å². The van der Waals surface area contributed by atoms with Gasteiger partial charge in [-0.3, -0.25) is 9.88 Å². The maximum Gasteiger partial charge on any atom is 0.335 e. The zero-order chi connectivity index (χ0) is 19.5. The molecule has 144 valence electrons. The number of imidazole rings is 1. The topological polar surface area (TPSA) is 95.0 Å². The van der Waals surface area contributed by atoms with Gasteiger partial charge < -0.3 is 10.1 Å². The maximum absolute atomic E-state index is 11.0. The van der Waals surface area contributed by atoms with Crippen LogP contribution in [0.25, 0.3) is 11.5 Å². The number of carboxylic acids is 1. The van der Waals surface area contributed by atoms with Gasteiger partial charge in [-0.25, -0.2) is 14.8 Å². The predicted octanol–water partition coefficient (Wildman–Crippen LogP) is 3.25. The molecule has 0 saturated carbocycles. The molecule has 0 bridgehead atoms. The van der Waals surface area contributed by atoms with E-state index in [0.29, 0.717) is 11.5 Å². The van der Waals surface area contributed by atoms with Gasteiger partial charge in [-0.05, 0) is 44.0 Å². The molecular weight excluding hydrogens is 354 g/mol. The van der Waals surface area contributed by atoms with Crippen molar-refractivity contribution in [1.29, 1.82) is 0 Å². The Balaban J connectivity index is 1.45. The highest BCUT2D eigenvalue weighted by Gasteiger charge is 2.23. The van der Waals surface area contributed by atoms with Crippen LogP contribution >= 0.6 is 0 Å². The summed E-state index contributed by atoms with van der Waals surface area (Å²) in [7, 11) is 0. The van der Waals surface area contributed by atoms with Crippen molar-refractivity contribution in [3.8, 4) is 11.5 Å². The van der Waals surface area contributed by atoms with E-state index in [1.54, 1.807) is 24.5 Å². The molecule has 4 rings (SSSR count). The number of H-pyrrole nitrogens is 1. The van der Waals surface area contributed by atoms with Gasteiger partial charge in [0.05, 0.1) is 17.5 Å². The van der Waals surface area contributed by atoms with Crippen LogP contribution in [0.15, 0.2) is 42.9 Å². The third-order valence-corrected chi connectivity index (χ3v) is 5.13. The standard InChI is InChI=1S/C21H23N5O2/c1-14-9-23-20(24-14)19-11-22-10-18(25-19)17-3-2-8-26(13-17)12-15-4-6-16(7-5-15)21(27)28/h4-7,9-11,17H,2-3,8,12-13H2,1H3,(H,23,24)(H,27,28)/t17-/m1/s1. The van der Waals surface area contributed by atoms with Crippen LogP contribution in [0.3, 0.4) is 0 Å². The second-order valence-electron chi connectivity index (χ2n) is 7.32. The smallest absolute Gasteiger partial charge is 0.335 e. The average molecular weight is 377 g/mol. The number of carbonyl (C=O) groups is 1. The molecule has 1 atom stereocenters. The van der Waals surface area contributed by atoms with E-state index in [-0.39, 0.29) is 0 Å². The molecule has 0 amide bonds. The van der Waals surface area contributed by atoms with E-state index in [4.69, 9.17) is 10.1 Å². The van der Waals surface area contributed by atoms with Gasteiger partial charge in [-0.1, -0.05) is 12.1 Å². The number of rotatable bonds is 5. The summed E-state index contributed by atoms with van der Waals surface area (Å²) in [5, 5.41) is 9.03. The van der Waals surface area contributed by atoms with Gasteiger partial charge in [-0.2, -0.15) is 0 Å². The molecule has 0 aliphatic carbocycles. The van der Waals surface area contributed by atoms with E-state index >= 15 is 0 Å². The molecule has 0 spiro atoms. The Bertz CT molecular complexity index is 967. The van der Waals surface area contributed by atoms with Crippen molar-refractivity contribution in [3.05, 3.63) is 65.4 Å². The number of benzene rings is 1. The molecule has 2 aromatic heterocycles. The molecule has 3 aromatic rings. The number of aromatic amines is 1. The van der Waals surface area contributed by atoms with Gasteiger partial charge in [0.2, 0.25) is 0 Å². The quantitative estimate of drug-likeness (QED) is 0.709. The lowest BCUT2D eigenvalue weighted by Gasteiger charge is -2.32. The van der Waals surface area contributed by atoms with Crippen molar-refractivity contribution in [2.75, 3.05) is 13.1 Å². The summed E-state index contributed by atoms with van der Waals surface area (Å²) in [6, 6.07) is 7.12. The lowest BCUT2D eigenvalue weighted by molar-refractivity contribution is 0.0697. The predicted molar refractivity (Wildman–Crippen MR) is 105 cm³/mol. The Hall–Kier alpha value is -3.06. The number of hydrogen-bond donors (Lipinski definition) is 2. The molecule has 1 aliphatic heterocycles. The lowest BCUT2D eigenvalue weighted by atomic mass is 9.94. The second-order valence-corrected chi connectivity index (χ2v) is 7.32. The Morgan fingerprint density at radius 2 is 2.07 bits per heavy atom. The normalized spacial score (nSPS) is 17.5. The summed E-state index contributed by atoms with van der Waals surface area (Å²) >= 11 is 0. The summed E-state index contributed by atoms with van der Waals surface area (Å²) in [4.78, 5) is 30.2. The molecule has 0 radical (unpaired) electrons. The first-order valence-electron chi connectivity index (χ1n) is 9.47. The van der Waals surface area contributed by atoms with Crippen LogP contribution in [0.2, 0.25) is 0 Å². The maximum atomic E-state index is 11.0. The van der Waals surface area contributed by atoms with Crippen molar-refractivity contribution in [2.24, 2.45) is 0 Å². The van der Waals surface area contributed by atoms with E-state index in [0.717, 1.165) is 60.9 Å². The second kappa shape index (κ2) is 7.90. The largest absolute Gasteiger partial charge is 0.478 e. The third-order valence-electron chi connectivity index (χ3n) is 5.13. The van der Waals surface area contributed by atoms with Crippen LogP contribution < -0.4 is 0 Å². The first kappa shape index (κ1) is 18.3. The molecule has 0 unspecified atom stereocenters. The highest BCUT2D eigenvalue weighted by molar-refractivity contribution is 5.87. The van der Waals surface area contributed by atoms with Gasteiger partial charge >= 0.3 is 5.97 Å². The summed E-state index contributed by atoms with van der Waals surface area (Å²) < 4.78 is 0. The fourth-order valence-electron chi connectivity index (χ4n) is 3.69. The highest BCUT2D eigenvalue weighted by atomic mass is 16.4. The Morgan fingerprint density at radius 1 is 1.25 bits per heavy atom. The van der Waals surface area contributed by atoms with Gasteiger partial charge in [0.25, 0.3) is 0 Å². The monoisotopic (exact) mass is 377 g/mol. The number of nitrogens with zero attached hydrogens (tertiary/aromatic N) is 4. The van der Waals surface area contributed by atoms with Crippen molar-refractivity contribution in [1.82, 2.24) is 24.8 Å². The van der Waals surface area contributed by atoms with E-state index < -0.39 is 5.97 Å².